The number of aryl methyl sites for hydroxylation is 2. The third-order valence-electron chi connectivity index (χ3n) is 5.95. The van der Waals surface area contributed by atoms with Crippen molar-refractivity contribution >= 4 is 33.4 Å². The van der Waals surface area contributed by atoms with Gasteiger partial charge in [-0.25, -0.2) is 4.98 Å². The van der Waals surface area contributed by atoms with Crippen molar-refractivity contribution in [3.05, 3.63) is 87.0 Å². The zero-order valence-corrected chi connectivity index (χ0v) is 17.9. The van der Waals surface area contributed by atoms with E-state index in [1.807, 2.05) is 74.5 Å². The number of rotatable bonds is 3. The van der Waals surface area contributed by atoms with Crippen LogP contribution in [0.25, 0.3) is 33.4 Å². The molecule has 2 aromatic heterocycles. The fourth-order valence-corrected chi connectivity index (χ4v) is 4.21. The third-order valence-corrected chi connectivity index (χ3v) is 5.95. The van der Waals surface area contributed by atoms with Gasteiger partial charge in [0.2, 0.25) is 0 Å². The van der Waals surface area contributed by atoms with E-state index < -0.39 is 0 Å². The van der Waals surface area contributed by atoms with Gasteiger partial charge in [0.15, 0.2) is 17.1 Å². The Labute approximate surface area is 179 Å². The molecule has 0 bridgehead atoms. The maximum absolute atomic E-state index is 13.7. The number of fused-ring (bicyclic) bond motifs is 4. The van der Waals surface area contributed by atoms with Crippen molar-refractivity contribution in [2.24, 2.45) is 0 Å². The van der Waals surface area contributed by atoms with Crippen LogP contribution in [0.4, 0.5) is 0 Å². The molecule has 0 N–H and O–H groups in total. The predicted molar refractivity (Wildman–Crippen MR) is 124 cm³/mol. The Kier molecular flexibility index (Phi) is 4.40. The molecule has 5 rings (SSSR count). The molecule has 0 saturated heterocycles. The topological polar surface area (TPSA) is 52.8 Å². The van der Waals surface area contributed by atoms with Gasteiger partial charge in [-0.2, -0.15) is 0 Å². The Balaban J connectivity index is 2.10. The molecule has 0 radical (unpaired) electrons. The van der Waals surface area contributed by atoms with Crippen LogP contribution in [0, 0.1) is 13.8 Å². The molecule has 5 nitrogen and oxygen atoms in total. The Morgan fingerprint density at radius 1 is 0.903 bits per heavy atom. The first kappa shape index (κ1) is 19.1. The van der Waals surface area contributed by atoms with Crippen molar-refractivity contribution in [3.8, 4) is 11.5 Å². The molecule has 154 valence electrons. The normalized spacial score (nSPS) is 12.2. The Hall–Kier alpha value is -3.86. The van der Waals surface area contributed by atoms with Crippen LogP contribution in [0.15, 0.2) is 59.4 Å². The van der Waals surface area contributed by atoms with Crippen molar-refractivity contribution < 1.29 is 9.47 Å². The summed E-state index contributed by atoms with van der Waals surface area (Å²) in [7, 11) is 3.21. The van der Waals surface area contributed by atoms with E-state index in [0.29, 0.717) is 28.0 Å². The predicted octanol–water partition coefficient (Wildman–Crippen LogP) is 4.18. The van der Waals surface area contributed by atoms with Gasteiger partial charge in [0.05, 0.1) is 35.9 Å². The molecule has 0 unspecified atom stereocenters. The molecule has 0 spiro atoms. The molecule has 0 saturated carbocycles. The van der Waals surface area contributed by atoms with Crippen LogP contribution >= 0.6 is 0 Å². The van der Waals surface area contributed by atoms with Gasteiger partial charge in [-0.05, 0) is 54.8 Å². The Bertz CT molecular complexity index is 1580. The van der Waals surface area contributed by atoms with E-state index in [-0.39, 0.29) is 5.56 Å². The number of hydrogen-bond acceptors (Lipinski definition) is 4. The summed E-state index contributed by atoms with van der Waals surface area (Å²) in [6, 6.07) is 17.6. The lowest BCUT2D eigenvalue weighted by Gasteiger charge is -2.09. The minimum atomic E-state index is -0.0949. The number of ether oxygens (including phenoxy) is 2. The maximum atomic E-state index is 13.7. The highest BCUT2D eigenvalue weighted by atomic mass is 16.5. The highest BCUT2D eigenvalue weighted by Crippen LogP contribution is 2.37. The summed E-state index contributed by atoms with van der Waals surface area (Å²) in [6.45, 7) is 4.03. The first-order chi connectivity index (χ1) is 15.0. The van der Waals surface area contributed by atoms with Gasteiger partial charge < -0.3 is 9.47 Å². The number of benzene rings is 3. The molecular formula is C26H22N2O3. The summed E-state index contributed by atoms with van der Waals surface area (Å²) in [5.74, 6) is 1.17. The summed E-state index contributed by atoms with van der Waals surface area (Å²) in [5, 5.41) is 3.03. The summed E-state index contributed by atoms with van der Waals surface area (Å²) >= 11 is 0. The number of nitrogens with zero attached hydrogens (tertiary/aromatic N) is 2. The molecule has 5 heteroatoms. The number of hydrogen-bond donors (Lipinski definition) is 0. The highest BCUT2D eigenvalue weighted by Gasteiger charge is 2.20. The van der Waals surface area contributed by atoms with E-state index in [9.17, 15) is 4.79 Å². The van der Waals surface area contributed by atoms with Crippen molar-refractivity contribution in [3.63, 3.8) is 0 Å². The summed E-state index contributed by atoms with van der Waals surface area (Å²) in [6.07, 6.45) is 2.01. The fourth-order valence-electron chi connectivity index (χ4n) is 4.21. The van der Waals surface area contributed by atoms with E-state index in [1.165, 1.54) is 0 Å². The van der Waals surface area contributed by atoms with Crippen LogP contribution in [0.1, 0.15) is 16.7 Å². The molecule has 3 aromatic carbocycles. The quantitative estimate of drug-likeness (QED) is 0.448. The van der Waals surface area contributed by atoms with Crippen molar-refractivity contribution in [2.45, 2.75) is 13.8 Å². The second-order valence-electron chi connectivity index (χ2n) is 7.64. The maximum Gasteiger partial charge on any atom is 0.266 e. The molecule has 5 aromatic rings. The molecule has 0 aliphatic heterocycles. The average Bonchev–Trinajstić information content (AvgIpc) is 3.10. The van der Waals surface area contributed by atoms with E-state index >= 15 is 0 Å². The van der Waals surface area contributed by atoms with Gasteiger partial charge in [-0.1, -0.05) is 36.4 Å². The van der Waals surface area contributed by atoms with Gasteiger partial charge >= 0.3 is 0 Å². The molecule has 31 heavy (non-hydrogen) atoms. The van der Waals surface area contributed by atoms with E-state index in [0.717, 1.165) is 32.8 Å². The van der Waals surface area contributed by atoms with Crippen LogP contribution in [0.5, 0.6) is 11.5 Å². The fraction of sp³-hybridized carbons (Fsp3) is 0.154. The lowest BCUT2D eigenvalue weighted by atomic mass is 10.1. The van der Waals surface area contributed by atoms with Crippen molar-refractivity contribution in [1.29, 1.82) is 0 Å². The third kappa shape index (κ3) is 2.77. The zero-order valence-electron chi connectivity index (χ0n) is 17.9. The largest absolute Gasteiger partial charge is 0.493 e. The number of methoxy groups -OCH3 is 2. The molecule has 0 fully saturated rings. The average molecular weight is 410 g/mol. The Morgan fingerprint density at radius 3 is 2.35 bits per heavy atom. The van der Waals surface area contributed by atoms with Gasteiger partial charge in [0, 0.05) is 5.39 Å². The summed E-state index contributed by atoms with van der Waals surface area (Å²) < 4.78 is 13.0. The van der Waals surface area contributed by atoms with Gasteiger partial charge in [0.25, 0.3) is 5.56 Å². The zero-order chi connectivity index (χ0) is 21.7. The summed E-state index contributed by atoms with van der Waals surface area (Å²) in [4.78, 5) is 18.7. The van der Waals surface area contributed by atoms with Gasteiger partial charge in [-0.3, -0.25) is 9.20 Å². The SMILES string of the molecule is COc1ccc2/c(=C\c3ccccc3)n3c(=O)c4ccc(C)c(C)c4nc3c2c1OC. The molecule has 0 aliphatic carbocycles. The van der Waals surface area contributed by atoms with Crippen LogP contribution in [0.2, 0.25) is 0 Å². The lowest BCUT2D eigenvalue weighted by molar-refractivity contribution is 0.358. The molecule has 0 amide bonds. The monoisotopic (exact) mass is 410 g/mol. The van der Waals surface area contributed by atoms with Gasteiger partial charge in [-0.15, -0.1) is 0 Å². The first-order valence-corrected chi connectivity index (χ1v) is 10.1. The van der Waals surface area contributed by atoms with Crippen molar-refractivity contribution in [2.75, 3.05) is 14.2 Å². The highest BCUT2D eigenvalue weighted by molar-refractivity contribution is 6.04. The molecular weight excluding hydrogens is 388 g/mol. The first-order valence-electron chi connectivity index (χ1n) is 10.1. The van der Waals surface area contributed by atoms with E-state index in [4.69, 9.17) is 14.5 Å². The van der Waals surface area contributed by atoms with Gasteiger partial charge in [0.1, 0.15) is 0 Å². The van der Waals surface area contributed by atoms with Crippen LogP contribution in [-0.4, -0.2) is 23.6 Å². The minimum Gasteiger partial charge on any atom is -0.493 e. The minimum absolute atomic E-state index is 0.0949. The second kappa shape index (κ2) is 7.13. The van der Waals surface area contributed by atoms with Crippen LogP contribution < -0.4 is 20.4 Å². The molecule has 0 atom stereocenters. The van der Waals surface area contributed by atoms with E-state index in [1.54, 1.807) is 18.6 Å². The smallest absolute Gasteiger partial charge is 0.266 e. The molecule has 0 aliphatic rings. The summed E-state index contributed by atoms with van der Waals surface area (Å²) in [5.41, 5.74) is 4.29. The Morgan fingerprint density at radius 2 is 1.65 bits per heavy atom. The molecule has 2 heterocycles. The second-order valence-corrected chi connectivity index (χ2v) is 7.64. The standard InChI is InChI=1S/C26H22N2O3/c1-15-10-11-19-23(16(15)2)27-25-22-18(12-13-21(30-3)24(22)31-4)20(28(25)26(19)29)14-17-8-6-5-7-9-17/h5-14H,1-4H3/b20-14+. The number of aromatic nitrogens is 2. The lowest BCUT2D eigenvalue weighted by Crippen LogP contribution is -2.25. The van der Waals surface area contributed by atoms with Crippen molar-refractivity contribution in [1.82, 2.24) is 9.38 Å². The van der Waals surface area contributed by atoms with Crippen LogP contribution in [-0.2, 0) is 0 Å². The van der Waals surface area contributed by atoms with Crippen LogP contribution in [0.3, 0.4) is 0 Å². The van der Waals surface area contributed by atoms with E-state index in [2.05, 4.69) is 0 Å².